The van der Waals surface area contributed by atoms with E-state index >= 15 is 0 Å². The van der Waals surface area contributed by atoms with E-state index < -0.39 is 5.91 Å². The largest absolute Gasteiger partial charge is 0.444 e. The van der Waals surface area contributed by atoms with E-state index in [1.807, 2.05) is 61.4 Å². The summed E-state index contributed by atoms with van der Waals surface area (Å²) in [6, 6.07) is 13.6. The average Bonchev–Trinajstić information content (AvgIpc) is 4.18. The fourth-order valence-corrected chi connectivity index (χ4v) is 10.0. The summed E-state index contributed by atoms with van der Waals surface area (Å²) in [6.07, 6.45) is 28.5. The first kappa shape index (κ1) is 45.7. The van der Waals surface area contributed by atoms with E-state index in [2.05, 4.69) is 93.7 Å². The number of anilines is 3. The van der Waals surface area contributed by atoms with Crippen LogP contribution in [0.2, 0.25) is 0 Å². The number of amides is 1. The van der Waals surface area contributed by atoms with Crippen molar-refractivity contribution in [3.63, 3.8) is 0 Å². The second kappa shape index (κ2) is 20.2. The summed E-state index contributed by atoms with van der Waals surface area (Å²) in [5, 5.41) is 14.3. The standard InChI is InChI=1S/C18H20N4.C17H19N5O2.C16H18N4O.CH4/c1-12-5-6-13(10-12)22-17-14-7-9-20-18(14)21-11-15(17)16-4-2-3-8-19-16;1-9-2-3-10(6-9)21-14-11-4-5-19-16(11)20-7-12(14)17-22-13(8-24-17)15(18)23;1-10-2-3-11(8-10)20-14-12-4-5-17-15(12)19-9-13(14)16-18-6-7-21-16;/h2-4,7-9,11-13H,5-6,10H2,1H3,(H2,20,21,22);4-5,7-10H,2-3,6H2,1H3,(H2,18,23)(H2,19,20,21);4-7,9-11H,2-3,8H2,1H3,(H2,17,19,20);1H4/t12-,13+;9-,10+;10-,11+;/m010./s1. The minimum absolute atomic E-state index is 0. The van der Waals surface area contributed by atoms with Gasteiger partial charge in [0.15, 0.2) is 5.69 Å². The highest BCUT2D eigenvalue weighted by Gasteiger charge is 2.27. The zero-order valence-electron chi connectivity index (χ0n) is 38.1. The van der Waals surface area contributed by atoms with Crippen molar-refractivity contribution in [2.75, 3.05) is 16.0 Å². The number of nitrogens with one attached hydrogen (secondary N) is 6. The predicted octanol–water partition coefficient (Wildman–Crippen LogP) is 11.6. The zero-order valence-corrected chi connectivity index (χ0v) is 38.1. The Morgan fingerprint density at radius 2 is 1.07 bits per heavy atom. The second-order valence-corrected chi connectivity index (χ2v) is 18.6. The summed E-state index contributed by atoms with van der Waals surface area (Å²) in [5.41, 5.74) is 14.8. The summed E-state index contributed by atoms with van der Waals surface area (Å²) >= 11 is 0. The van der Waals surface area contributed by atoms with Crippen LogP contribution in [-0.2, 0) is 0 Å². The molecule has 0 bridgehead atoms. The van der Waals surface area contributed by atoms with Crippen LogP contribution in [0, 0.1) is 17.8 Å². The lowest BCUT2D eigenvalue weighted by molar-refractivity contribution is 0.0995. The molecule has 0 spiro atoms. The zero-order chi connectivity index (χ0) is 45.9. The van der Waals surface area contributed by atoms with Gasteiger partial charge in [-0.3, -0.25) is 9.78 Å². The van der Waals surface area contributed by atoms with Gasteiger partial charge in [0.05, 0.1) is 40.1 Å². The van der Waals surface area contributed by atoms with Gasteiger partial charge in [-0.05, 0) is 106 Å². The van der Waals surface area contributed by atoms with Gasteiger partial charge in [-0.15, -0.1) is 0 Å². The number of aromatic amines is 3. The van der Waals surface area contributed by atoms with E-state index in [4.69, 9.17) is 14.6 Å². The van der Waals surface area contributed by atoms with Gasteiger partial charge in [0.1, 0.15) is 29.5 Å². The predicted molar refractivity (Wildman–Crippen MR) is 269 cm³/mol. The number of pyridine rings is 4. The third kappa shape index (κ3) is 9.80. The van der Waals surface area contributed by atoms with Crippen LogP contribution >= 0.6 is 0 Å². The Bertz CT molecular complexity index is 3080. The molecule has 16 nitrogen and oxygen atoms in total. The van der Waals surface area contributed by atoms with Crippen molar-refractivity contribution in [2.45, 2.75) is 104 Å². The normalized spacial score (nSPS) is 20.9. The van der Waals surface area contributed by atoms with Crippen LogP contribution < -0.4 is 21.7 Å². The number of nitrogens with zero attached hydrogens (tertiary/aromatic N) is 6. The van der Waals surface area contributed by atoms with Crippen molar-refractivity contribution >= 4 is 56.1 Å². The molecule has 9 aromatic rings. The highest BCUT2D eigenvalue weighted by molar-refractivity contribution is 5.99. The molecule has 0 saturated heterocycles. The number of carbonyl (C=O) groups is 1. The lowest BCUT2D eigenvalue weighted by Crippen LogP contribution is -2.16. The number of primary amides is 1. The number of carbonyl (C=O) groups excluding carboxylic acids is 1. The molecule has 3 aliphatic carbocycles. The van der Waals surface area contributed by atoms with Crippen molar-refractivity contribution in [1.29, 1.82) is 0 Å². The molecule has 12 rings (SSSR count). The minimum atomic E-state index is -0.611. The molecule has 3 fully saturated rings. The molecule has 68 heavy (non-hydrogen) atoms. The number of oxazole rings is 2. The van der Waals surface area contributed by atoms with E-state index in [1.54, 1.807) is 18.7 Å². The van der Waals surface area contributed by atoms with Crippen molar-refractivity contribution in [1.82, 2.24) is 44.9 Å². The summed E-state index contributed by atoms with van der Waals surface area (Å²) in [5.74, 6) is 2.65. The molecule has 0 radical (unpaired) electrons. The van der Waals surface area contributed by atoms with Crippen molar-refractivity contribution in [3.05, 3.63) is 104 Å². The van der Waals surface area contributed by atoms with E-state index in [1.165, 1.54) is 51.2 Å². The lowest BCUT2D eigenvalue weighted by atomic mass is 10.1. The van der Waals surface area contributed by atoms with E-state index in [9.17, 15) is 4.79 Å². The topological polar surface area (TPSA) is 230 Å². The van der Waals surface area contributed by atoms with Crippen LogP contribution in [0.1, 0.15) is 96.5 Å². The van der Waals surface area contributed by atoms with Crippen molar-refractivity contribution in [3.8, 4) is 34.2 Å². The molecule has 8 N–H and O–H groups in total. The van der Waals surface area contributed by atoms with Gasteiger partial charge < -0.3 is 45.5 Å². The molecule has 16 heteroatoms. The van der Waals surface area contributed by atoms with Crippen LogP contribution in [-0.4, -0.2) is 68.9 Å². The molecule has 3 saturated carbocycles. The van der Waals surface area contributed by atoms with E-state index in [0.717, 1.165) is 103 Å². The molecule has 0 aromatic carbocycles. The van der Waals surface area contributed by atoms with Gasteiger partial charge in [-0.2, -0.15) is 0 Å². The lowest BCUT2D eigenvalue weighted by Gasteiger charge is -2.18. The first-order valence-corrected chi connectivity index (χ1v) is 23.5. The molecule has 0 unspecified atom stereocenters. The van der Waals surface area contributed by atoms with Gasteiger partial charge >= 0.3 is 0 Å². The van der Waals surface area contributed by atoms with Crippen molar-refractivity contribution in [2.24, 2.45) is 23.5 Å². The summed E-state index contributed by atoms with van der Waals surface area (Å²) < 4.78 is 10.9. The van der Waals surface area contributed by atoms with E-state index in [0.29, 0.717) is 29.9 Å². The molecule has 3 aliphatic rings. The van der Waals surface area contributed by atoms with Gasteiger partial charge in [-0.1, -0.05) is 34.3 Å². The second-order valence-electron chi connectivity index (χ2n) is 18.6. The Morgan fingerprint density at radius 1 is 0.588 bits per heavy atom. The number of nitrogens with two attached hydrogens (primary N) is 1. The number of aromatic nitrogens is 9. The first-order chi connectivity index (χ1) is 32.7. The Labute approximate surface area is 395 Å². The molecular weight excluding hydrogens is 855 g/mol. The fourth-order valence-electron chi connectivity index (χ4n) is 10.0. The quantitative estimate of drug-likeness (QED) is 0.0679. The molecule has 352 valence electrons. The maximum atomic E-state index is 11.3. The maximum absolute atomic E-state index is 11.3. The monoisotopic (exact) mass is 916 g/mol. The molecule has 0 aliphatic heterocycles. The molecule has 9 aromatic heterocycles. The SMILES string of the molecule is C.C[C@@H]1CC[C@H](Nc2c(-c3nc(C(N)=O)co3)cnc3[nH]ccc23)C1.C[C@H]1CC[C@@H](Nc2c(-c3ccccn3)cnc3[nH]ccc23)C1.C[C@H]1CC[C@@H](Nc2c(-c3ncco3)cnc3[nH]ccc23)C1. The van der Waals surface area contributed by atoms with Gasteiger partial charge in [-0.25, -0.2) is 24.9 Å². The number of rotatable bonds is 10. The Hall–Kier alpha value is -7.49. The number of H-pyrrole nitrogens is 3. The smallest absolute Gasteiger partial charge is 0.270 e. The molecular formula is C52H61N13O3. The fraction of sp³-hybridized carbons (Fsp3) is 0.365. The maximum Gasteiger partial charge on any atom is 0.270 e. The first-order valence-electron chi connectivity index (χ1n) is 23.5. The average molecular weight is 916 g/mol. The Morgan fingerprint density at radius 3 is 1.49 bits per heavy atom. The number of hydrogen-bond donors (Lipinski definition) is 7. The van der Waals surface area contributed by atoms with E-state index in [-0.39, 0.29) is 13.1 Å². The summed E-state index contributed by atoms with van der Waals surface area (Å²) in [4.78, 5) is 47.1. The van der Waals surface area contributed by atoms with Crippen molar-refractivity contribution < 1.29 is 13.6 Å². The van der Waals surface area contributed by atoms with Gasteiger partial charge in [0.25, 0.3) is 5.91 Å². The van der Waals surface area contributed by atoms with Crippen LogP contribution in [0.25, 0.3) is 67.3 Å². The number of fused-ring (bicyclic) bond motifs is 3. The summed E-state index contributed by atoms with van der Waals surface area (Å²) in [6.45, 7) is 6.92. The Kier molecular flexibility index (Phi) is 13.5. The minimum Gasteiger partial charge on any atom is -0.444 e. The third-order valence-corrected chi connectivity index (χ3v) is 13.5. The highest BCUT2D eigenvalue weighted by Crippen LogP contribution is 2.39. The molecule has 9 heterocycles. The number of hydrogen-bond acceptors (Lipinski definition) is 12. The van der Waals surface area contributed by atoms with Crippen LogP contribution in [0.3, 0.4) is 0 Å². The van der Waals surface area contributed by atoms with Crippen LogP contribution in [0.5, 0.6) is 0 Å². The Balaban J connectivity index is 0.000000127. The van der Waals surface area contributed by atoms with Crippen LogP contribution in [0.4, 0.5) is 17.1 Å². The van der Waals surface area contributed by atoms with Gasteiger partial charge in [0.2, 0.25) is 11.8 Å². The van der Waals surface area contributed by atoms with Gasteiger partial charge in [0, 0.05) is 83.2 Å². The molecule has 1 amide bonds. The van der Waals surface area contributed by atoms with Crippen LogP contribution in [0.15, 0.2) is 107 Å². The molecule has 6 atom stereocenters. The highest BCUT2D eigenvalue weighted by atomic mass is 16.3. The third-order valence-electron chi connectivity index (χ3n) is 13.5. The summed E-state index contributed by atoms with van der Waals surface area (Å²) in [7, 11) is 0.